The summed E-state index contributed by atoms with van der Waals surface area (Å²) in [5.41, 5.74) is 3.50. The average molecular weight is 527 g/mol. The van der Waals surface area contributed by atoms with E-state index in [1.807, 2.05) is 0 Å². The number of carboxylic acids is 1. The Bertz CT molecular complexity index is 959. The SMILES string of the molecule is CC(C)(C)OC(=O)N(C(=O)CCCN1C(=O)C=CC1=O)N(C(=O)OC(C)(C)C)C(=O)[C@@H](N)CCC(=O)O. The van der Waals surface area contributed by atoms with Crippen molar-refractivity contribution in [3.63, 3.8) is 0 Å². The molecule has 37 heavy (non-hydrogen) atoms. The molecule has 0 aliphatic carbocycles. The van der Waals surface area contributed by atoms with E-state index < -0.39 is 78.3 Å². The highest BCUT2D eigenvalue weighted by Gasteiger charge is 2.43. The van der Waals surface area contributed by atoms with E-state index >= 15 is 0 Å². The molecule has 14 nitrogen and oxygen atoms in total. The summed E-state index contributed by atoms with van der Waals surface area (Å²) in [6.07, 6.45) is -2.21. The quantitative estimate of drug-likeness (QED) is 0.342. The van der Waals surface area contributed by atoms with Crippen LogP contribution in [0.15, 0.2) is 12.2 Å². The molecule has 14 heteroatoms. The molecular formula is C23H34N4O10. The fourth-order valence-corrected chi connectivity index (χ4v) is 2.88. The summed E-state index contributed by atoms with van der Waals surface area (Å²) in [7, 11) is 0. The Balaban J connectivity index is 3.32. The largest absolute Gasteiger partial charge is 0.481 e. The second kappa shape index (κ2) is 12.4. The number of carboxylic acid groups (broad SMARTS) is 1. The molecule has 1 heterocycles. The highest BCUT2D eigenvalue weighted by atomic mass is 16.6. The van der Waals surface area contributed by atoms with Gasteiger partial charge in [-0.1, -0.05) is 0 Å². The van der Waals surface area contributed by atoms with Crippen LogP contribution in [0.4, 0.5) is 9.59 Å². The molecule has 0 aromatic heterocycles. The second-order valence-corrected chi connectivity index (χ2v) is 10.1. The van der Waals surface area contributed by atoms with Gasteiger partial charge in [-0.2, -0.15) is 0 Å². The van der Waals surface area contributed by atoms with Gasteiger partial charge in [0.2, 0.25) is 0 Å². The van der Waals surface area contributed by atoms with E-state index in [0.717, 1.165) is 17.1 Å². The van der Waals surface area contributed by atoms with Crippen LogP contribution in [0.5, 0.6) is 0 Å². The van der Waals surface area contributed by atoms with Crippen LogP contribution in [0.25, 0.3) is 0 Å². The van der Waals surface area contributed by atoms with Crippen LogP contribution in [-0.4, -0.2) is 85.6 Å². The maximum atomic E-state index is 13.2. The molecule has 3 N–H and O–H groups in total. The lowest BCUT2D eigenvalue weighted by atomic mass is 10.1. The van der Waals surface area contributed by atoms with Crippen LogP contribution in [-0.2, 0) is 33.4 Å². The molecule has 0 saturated carbocycles. The third kappa shape index (κ3) is 9.99. The summed E-state index contributed by atoms with van der Waals surface area (Å²) >= 11 is 0. The minimum atomic E-state index is -1.59. The first-order valence-electron chi connectivity index (χ1n) is 11.5. The van der Waals surface area contributed by atoms with Gasteiger partial charge in [0, 0.05) is 31.5 Å². The number of ether oxygens (including phenoxy) is 2. The molecule has 1 atom stereocenters. The maximum absolute atomic E-state index is 13.2. The lowest BCUT2D eigenvalue weighted by Crippen LogP contribution is -2.60. The summed E-state index contributed by atoms with van der Waals surface area (Å²) in [5.74, 6) is -4.77. The maximum Gasteiger partial charge on any atom is 0.437 e. The van der Waals surface area contributed by atoms with E-state index in [1.54, 1.807) is 0 Å². The summed E-state index contributed by atoms with van der Waals surface area (Å²) in [5, 5.41) is 9.16. The van der Waals surface area contributed by atoms with Crippen LogP contribution < -0.4 is 5.73 Å². The molecule has 206 valence electrons. The van der Waals surface area contributed by atoms with Gasteiger partial charge in [0.1, 0.15) is 11.2 Å². The van der Waals surface area contributed by atoms with Gasteiger partial charge in [0.15, 0.2) is 0 Å². The number of carbonyl (C=O) groups excluding carboxylic acids is 6. The van der Waals surface area contributed by atoms with Gasteiger partial charge in [-0.05, 0) is 54.4 Å². The Morgan fingerprint density at radius 3 is 1.78 bits per heavy atom. The fourth-order valence-electron chi connectivity index (χ4n) is 2.88. The minimum absolute atomic E-state index is 0.0991. The van der Waals surface area contributed by atoms with E-state index in [1.165, 1.54) is 41.5 Å². The van der Waals surface area contributed by atoms with Gasteiger partial charge < -0.3 is 20.3 Å². The number of hydrazine groups is 1. The van der Waals surface area contributed by atoms with E-state index in [2.05, 4.69) is 0 Å². The summed E-state index contributed by atoms with van der Waals surface area (Å²) in [6, 6.07) is -1.59. The van der Waals surface area contributed by atoms with Crippen LogP contribution in [0.2, 0.25) is 0 Å². The Labute approximate surface area is 214 Å². The van der Waals surface area contributed by atoms with Crippen molar-refractivity contribution in [2.75, 3.05) is 6.54 Å². The van der Waals surface area contributed by atoms with Gasteiger partial charge >= 0.3 is 18.2 Å². The third-order valence-electron chi connectivity index (χ3n) is 4.44. The molecular weight excluding hydrogens is 492 g/mol. The number of imide groups is 3. The van der Waals surface area contributed by atoms with Crippen LogP contribution in [0, 0.1) is 0 Å². The molecule has 1 aliphatic rings. The van der Waals surface area contributed by atoms with Crippen LogP contribution in [0.3, 0.4) is 0 Å². The topological polar surface area (TPSA) is 194 Å². The van der Waals surface area contributed by atoms with Crippen molar-refractivity contribution in [3.05, 3.63) is 12.2 Å². The molecule has 0 unspecified atom stereocenters. The zero-order valence-corrected chi connectivity index (χ0v) is 21.8. The Hall–Kier alpha value is -3.81. The summed E-state index contributed by atoms with van der Waals surface area (Å²) in [4.78, 5) is 87.7. The molecule has 1 aliphatic heterocycles. The first-order valence-corrected chi connectivity index (χ1v) is 11.5. The van der Waals surface area contributed by atoms with E-state index in [-0.39, 0.29) is 23.0 Å². The fraction of sp³-hybridized carbons (Fsp3) is 0.609. The van der Waals surface area contributed by atoms with E-state index in [0.29, 0.717) is 0 Å². The number of amides is 6. The van der Waals surface area contributed by atoms with Crippen molar-refractivity contribution in [3.8, 4) is 0 Å². The highest BCUT2D eigenvalue weighted by molar-refractivity contribution is 6.12. The zero-order valence-electron chi connectivity index (χ0n) is 21.8. The highest BCUT2D eigenvalue weighted by Crippen LogP contribution is 2.19. The lowest BCUT2D eigenvalue weighted by Gasteiger charge is -2.35. The molecule has 6 amide bonds. The predicted molar refractivity (Wildman–Crippen MR) is 126 cm³/mol. The summed E-state index contributed by atoms with van der Waals surface area (Å²) in [6.45, 7) is 8.74. The molecule has 0 bridgehead atoms. The van der Waals surface area contributed by atoms with Crippen molar-refractivity contribution < 1.29 is 48.1 Å². The number of nitrogens with zero attached hydrogens (tertiary/aromatic N) is 3. The number of aliphatic carboxylic acids is 1. The standard InChI is InChI=1S/C23H34N4O10/c1-22(2,3)36-20(34)26(17(30)8-7-13-25-15(28)10-11-16(25)29)27(21(35)37-23(4,5)6)19(33)14(24)9-12-18(31)32/h10-11,14H,7-9,12-13,24H2,1-6H3,(H,31,32)/t14-/m0/s1. The molecule has 0 fully saturated rings. The molecule has 1 rings (SSSR count). The Morgan fingerprint density at radius 2 is 1.35 bits per heavy atom. The van der Waals surface area contributed by atoms with Gasteiger partial charge in [0.25, 0.3) is 23.6 Å². The van der Waals surface area contributed by atoms with Gasteiger partial charge in [-0.25, -0.2) is 9.59 Å². The third-order valence-corrected chi connectivity index (χ3v) is 4.44. The Morgan fingerprint density at radius 1 is 0.892 bits per heavy atom. The van der Waals surface area contributed by atoms with Crippen molar-refractivity contribution >= 4 is 41.8 Å². The number of hydrogen-bond acceptors (Lipinski definition) is 10. The van der Waals surface area contributed by atoms with Gasteiger partial charge in [0.05, 0.1) is 6.04 Å². The second-order valence-electron chi connectivity index (χ2n) is 10.1. The van der Waals surface area contributed by atoms with Crippen molar-refractivity contribution in [2.45, 2.75) is 84.5 Å². The smallest absolute Gasteiger partial charge is 0.437 e. The number of rotatable bonds is 8. The molecule has 0 aromatic rings. The van der Waals surface area contributed by atoms with Crippen molar-refractivity contribution in [1.82, 2.24) is 14.9 Å². The predicted octanol–water partition coefficient (Wildman–Crippen LogP) is 1.33. The Kier molecular flexibility index (Phi) is 10.5. The van der Waals surface area contributed by atoms with Gasteiger partial charge in [-0.15, -0.1) is 10.0 Å². The van der Waals surface area contributed by atoms with Crippen LogP contribution >= 0.6 is 0 Å². The normalized spacial score (nSPS) is 14.3. The van der Waals surface area contributed by atoms with Gasteiger partial charge in [-0.3, -0.25) is 28.9 Å². The van der Waals surface area contributed by atoms with Crippen molar-refractivity contribution in [1.29, 1.82) is 0 Å². The first-order chi connectivity index (χ1) is 16.8. The number of carbonyl (C=O) groups is 7. The average Bonchev–Trinajstić information content (AvgIpc) is 3.04. The minimum Gasteiger partial charge on any atom is -0.481 e. The monoisotopic (exact) mass is 526 g/mol. The van der Waals surface area contributed by atoms with Crippen LogP contribution in [0.1, 0.15) is 67.2 Å². The number of nitrogens with two attached hydrogens (primary N) is 1. The first kappa shape index (κ1) is 31.2. The zero-order chi connectivity index (χ0) is 28.7. The number of hydrogen-bond donors (Lipinski definition) is 2. The molecule has 0 aromatic carbocycles. The lowest BCUT2D eigenvalue weighted by molar-refractivity contribution is -0.160. The van der Waals surface area contributed by atoms with Crippen molar-refractivity contribution in [2.24, 2.45) is 5.73 Å². The summed E-state index contributed by atoms with van der Waals surface area (Å²) < 4.78 is 10.4. The molecule has 0 radical (unpaired) electrons. The van der Waals surface area contributed by atoms with E-state index in [9.17, 15) is 33.6 Å². The molecule has 0 spiro atoms. The van der Waals surface area contributed by atoms with E-state index in [4.69, 9.17) is 20.3 Å². The molecule has 0 saturated heterocycles.